The van der Waals surface area contributed by atoms with Gasteiger partial charge in [-0.15, -0.1) is 0 Å². The van der Waals surface area contributed by atoms with E-state index in [4.69, 9.17) is 0 Å². The molecule has 84 valence electrons. The van der Waals surface area contributed by atoms with Crippen molar-refractivity contribution in [1.82, 2.24) is 4.31 Å². The van der Waals surface area contributed by atoms with Gasteiger partial charge in [-0.05, 0) is 31.6 Å². The van der Waals surface area contributed by atoms with Crippen molar-refractivity contribution in [3.8, 4) is 0 Å². The first-order valence-corrected chi connectivity index (χ1v) is 6.96. The lowest BCUT2D eigenvalue weighted by atomic mass is 9.85. The van der Waals surface area contributed by atoms with E-state index in [2.05, 4.69) is 13.8 Å². The van der Waals surface area contributed by atoms with E-state index in [1.807, 2.05) is 0 Å². The summed E-state index contributed by atoms with van der Waals surface area (Å²) in [4.78, 5) is 0. The Hall–Kier alpha value is -0.0900. The second-order valence-corrected chi connectivity index (χ2v) is 7.07. The van der Waals surface area contributed by atoms with Crippen molar-refractivity contribution >= 4 is 10.0 Å². The van der Waals surface area contributed by atoms with Gasteiger partial charge < -0.3 is 0 Å². The van der Waals surface area contributed by atoms with Gasteiger partial charge in [-0.3, -0.25) is 0 Å². The lowest BCUT2D eigenvalue weighted by Crippen LogP contribution is -2.33. The summed E-state index contributed by atoms with van der Waals surface area (Å²) < 4.78 is 24.9. The molecule has 0 aromatic heterocycles. The summed E-state index contributed by atoms with van der Waals surface area (Å²) >= 11 is 0. The quantitative estimate of drug-likeness (QED) is 0.711. The smallest absolute Gasteiger partial charge is 0.212 e. The third kappa shape index (κ3) is 2.95. The van der Waals surface area contributed by atoms with E-state index in [1.54, 1.807) is 11.2 Å². The minimum Gasteiger partial charge on any atom is -0.212 e. The van der Waals surface area contributed by atoms with Gasteiger partial charge in [-0.2, -0.15) is 0 Å². The van der Waals surface area contributed by atoms with Crippen LogP contribution in [0.3, 0.4) is 0 Å². The van der Waals surface area contributed by atoms with Crippen LogP contribution in [0, 0.1) is 5.41 Å². The molecule has 1 rings (SSSR count). The molecule has 3 nitrogen and oxygen atoms in total. The second-order valence-electron chi connectivity index (χ2n) is 4.82. The summed E-state index contributed by atoms with van der Waals surface area (Å²) in [6, 6.07) is 0. The van der Waals surface area contributed by atoms with Crippen LogP contribution >= 0.6 is 0 Å². The van der Waals surface area contributed by atoms with Crippen molar-refractivity contribution in [2.45, 2.75) is 40.0 Å². The van der Waals surface area contributed by atoms with Crippen LogP contribution in [0.25, 0.3) is 0 Å². The molecule has 1 aliphatic rings. The molecular weight excluding hydrogens is 198 g/mol. The van der Waals surface area contributed by atoms with Crippen LogP contribution in [0.2, 0.25) is 0 Å². The highest BCUT2D eigenvalue weighted by atomic mass is 32.2. The standard InChI is InChI=1S/C10H21NO2S/c1-4-14(12,13)11-8-5-6-10(2,3)7-9-11/h4-9H2,1-3H3. The Kier molecular flexibility index (Phi) is 3.58. The van der Waals surface area contributed by atoms with Crippen molar-refractivity contribution in [3.05, 3.63) is 0 Å². The highest BCUT2D eigenvalue weighted by Crippen LogP contribution is 2.30. The van der Waals surface area contributed by atoms with Gasteiger partial charge in [-0.1, -0.05) is 13.8 Å². The minimum atomic E-state index is -2.96. The number of nitrogens with zero attached hydrogens (tertiary/aromatic N) is 1. The summed E-state index contributed by atoms with van der Waals surface area (Å²) in [7, 11) is -2.96. The van der Waals surface area contributed by atoms with Crippen molar-refractivity contribution in [3.63, 3.8) is 0 Å². The van der Waals surface area contributed by atoms with E-state index in [0.717, 1.165) is 19.3 Å². The van der Waals surface area contributed by atoms with Gasteiger partial charge in [0.15, 0.2) is 0 Å². The van der Waals surface area contributed by atoms with Gasteiger partial charge in [0.25, 0.3) is 0 Å². The number of hydrogen-bond donors (Lipinski definition) is 0. The first kappa shape index (κ1) is 12.0. The maximum Gasteiger partial charge on any atom is 0.213 e. The molecule has 0 aromatic rings. The monoisotopic (exact) mass is 219 g/mol. The van der Waals surface area contributed by atoms with Gasteiger partial charge in [0, 0.05) is 13.1 Å². The van der Waals surface area contributed by atoms with E-state index < -0.39 is 10.0 Å². The fraction of sp³-hybridized carbons (Fsp3) is 1.00. The Bertz CT molecular complexity index is 282. The molecule has 1 aliphatic heterocycles. The number of sulfonamides is 1. The zero-order valence-corrected chi connectivity index (χ0v) is 10.2. The summed E-state index contributed by atoms with van der Waals surface area (Å²) in [5.74, 6) is 0.230. The molecule has 0 atom stereocenters. The zero-order chi connectivity index (χ0) is 10.8. The Morgan fingerprint density at radius 1 is 1.21 bits per heavy atom. The van der Waals surface area contributed by atoms with Crippen LogP contribution in [-0.4, -0.2) is 31.6 Å². The van der Waals surface area contributed by atoms with Gasteiger partial charge in [0.1, 0.15) is 0 Å². The van der Waals surface area contributed by atoms with Gasteiger partial charge in [0.05, 0.1) is 5.75 Å². The average molecular weight is 219 g/mol. The minimum absolute atomic E-state index is 0.230. The SMILES string of the molecule is CCS(=O)(=O)N1CCCC(C)(C)CC1. The normalized spacial score (nSPS) is 24.5. The van der Waals surface area contributed by atoms with E-state index >= 15 is 0 Å². The van der Waals surface area contributed by atoms with E-state index in [0.29, 0.717) is 18.5 Å². The van der Waals surface area contributed by atoms with Crippen molar-refractivity contribution < 1.29 is 8.42 Å². The van der Waals surface area contributed by atoms with E-state index in [1.165, 1.54) is 0 Å². The molecule has 0 unspecified atom stereocenters. The fourth-order valence-electron chi connectivity index (χ4n) is 1.86. The predicted octanol–water partition coefficient (Wildman–Crippen LogP) is 1.85. The summed E-state index contributed by atoms with van der Waals surface area (Å²) in [5, 5.41) is 0. The maximum atomic E-state index is 11.6. The highest BCUT2D eigenvalue weighted by Gasteiger charge is 2.27. The number of rotatable bonds is 2. The molecule has 1 fully saturated rings. The summed E-state index contributed by atoms with van der Waals surface area (Å²) in [6.07, 6.45) is 3.10. The third-order valence-electron chi connectivity index (χ3n) is 3.06. The fourth-order valence-corrected chi connectivity index (χ4v) is 3.00. The molecule has 14 heavy (non-hydrogen) atoms. The van der Waals surface area contributed by atoms with E-state index in [9.17, 15) is 8.42 Å². The first-order valence-electron chi connectivity index (χ1n) is 5.35. The summed E-state index contributed by atoms with van der Waals surface area (Å²) in [5.41, 5.74) is 0.304. The first-order chi connectivity index (χ1) is 6.37. The van der Waals surface area contributed by atoms with Crippen LogP contribution in [0.4, 0.5) is 0 Å². The van der Waals surface area contributed by atoms with Crippen LogP contribution in [-0.2, 0) is 10.0 Å². The van der Waals surface area contributed by atoms with E-state index in [-0.39, 0.29) is 5.75 Å². The predicted molar refractivity (Wildman–Crippen MR) is 58.7 cm³/mol. The molecule has 1 heterocycles. The van der Waals surface area contributed by atoms with Gasteiger partial charge in [0.2, 0.25) is 10.0 Å². The van der Waals surface area contributed by atoms with Gasteiger partial charge >= 0.3 is 0 Å². The molecule has 0 aliphatic carbocycles. The summed E-state index contributed by atoms with van der Waals surface area (Å²) in [6.45, 7) is 7.55. The molecule has 0 N–H and O–H groups in total. The molecule has 4 heteroatoms. The van der Waals surface area contributed by atoms with Crippen molar-refractivity contribution in [2.24, 2.45) is 5.41 Å². The Morgan fingerprint density at radius 3 is 2.43 bits per heavy atom. The molecule has 0 radical (unpaired) electrons. The molecular formula is C10H21NO2S. The molecule has 0 saturated carbocycles. The Morgan fingerprint density at radius 2 is 1.86 bits per heavy atom. The van der Waals surface area contributed by atoms with Crippen LogP contribution in [0.1, 0.15) is 40.0 Å². The average Bonchev–Trinajstić information content (AvgIpc) is 2.26. The molecule has 0 amide bonds. The zero-order valence-electron chi connectivity index (χ0n) is 9.41. The number of hydrogen-bond acceptors (Lipinski definition) is 2. The largest absolute Gasteiger partial charge is 0.213 e. The Balaban J connectivity index is 2.68. The van der Waals surface area contributed by atoms with Crippen LogP contribution in [0.5, 0.6) is 0 Å². The third-order valence-corrected chi connectivity index (χ3v) is 4.94. The second kappa shape index (κ2) is 4.19. The van der Waals surface area contributed by atoms with Crippen molar-refractivity contribution in [2.75, 3.05) is 18.8 Å². The Labute approximate surface area is 87.5 Å². The molecule has 0 bridgehead atoms. The van der Waals surface area contributed by atoms with Crippen LogP contribution < -0.4 is 0 Å². The van der Waals surface area contributed by atoms with Crippen LogP contribution in [0.15, 0.2) is 0 Å². The maximum absolute atomic E-state index is 11.6. The molecule has 0 aromatic carbocycles. The molecule has 1 saturated heterocycles. The highest BCUT2D eigenvalue weighted by molar-refractivity contribution is 7.89. The van der Waals surface area contributed by atoms with Crippen molar-refractivity contribution in [1.29, 1.82) is 0 Å². The lowest BCUT2D eigenvalue weighted by molar-refractivity contribution is 0.315. The van der Waals surface area contributed by atoms with Gasteiger partial charge in [-0.25, -0.2) is 12.7 Å². The lowest BCUT2D eigenvalue weighted by Gasteiger charge is -2.22. The molecule has 0 spiro atoms. The topological polar surface area (TPSA) is 37.4 Å².